The first-order valence-electron chi connectivity index (χ1n) is 6.81. The van der Waals surface area contributed by atoms with Crippen molar-refractivity contribution < 1.29 is 9.90 Å². The number of nitrogens with zero attached hydrogens (tertiary/aromatic N) is 2. The molecule has 4 nitrogen and oxygen atoms in total. The van der Waals surface area contributed by atoms with Crippen molar-refractivity contribution in [1.29, 1.82) is 0 Å². The summed E-state index contributed by atoms with van der Waals surface area (Å²) >= 11 is 0. The Balaban J connectivity index is 2.01. The van der Waals surface area contributed by atoms with Gasteiger partial charge in [-0.05, 0) is 32.8 Å². The zero-order valence-electron chi connectivity index (χ0n) is 11.2. The number of carbonyl (C=O) groups excluding carboxylic acids is 1. The Bertz CT molecular complexity index is 417. The molecule has 0 spiro atoms. The van der Waals surface area contributed by atoms with Crippen molar-refractivity contribution in [2.24, 2.45) is 0 Å². The predicted octanol–water partition coefficient (Wildman–Crippen LogP) is 2.27. The van der Waals surface area contributed by atoms with E-state index < -0.39 is 5.60 Å². The molecule has 0 unspecified atom stereocenters. The average Bonchev–Trinajstić information content (AvgIpc) is 2.78. The lowest BCUT2D eigenvalue weighted by molar-refractivity contribution is -0.139. The van der Waals surface area contributed by atoms with Crippen LogP contribution >= 0.6 is 0 Å². The number of hydrogen-bond donors (Lipinski definition) is 1. The second-order valence-electron chi connectivity index (χ2n) is 5.57. The summed E-state index contributed by atoms with van der Waals surface area (Å²) in [6.07, 6.45) is 6.37. The second-order valence-corrected chi connectivity index (χ2v) is 5.57. The molecule has 0 amide bonds. The minimum atomic E-state index is -1.10. The molecule has 0 aromatic carbocycles. The first-order chi connectivity index (χ1) is 8.51. The van der Waals surface area contributed by atoms with Crippen molar-refractivity contribution in [3.05, 3.63) is 18.0 Å². The van der Waals surface area contributed by atoms with Gasteiger partial charge in [-0.3, -0.25) is 9.48 Å². The molecule has 100 valence electrons. The molecule has 1 aromatic rings. The van der Waals surface area contributed by atoms with Gasteiger partial charge in [-0.2, -0.15) is 5.10 Å². The fourth-order valence-electron chi connectivity index (χ4n) is 2.50. The summed E-state index contributed by atoms with van der Waals surface area (Å²) in [5.74, 6) is -0.0730. The monoisotopic (exact) mass is 250 g/mol. The number of aliphatic hydroxyl groups is 1. The lowest BCUT2D eigenvalue weighted by Gasteiger charge is -2.30. The minimum absolute atomic E-state index is 0.0730. The van der Waals surface area contributed by atoms with Crippen molar-refractivity contribution in [1.82, 2.24) is 9.78 Å². The normalized spacial score (nSPS) is 19.1. The van der Waals surface area contributed by atoms with Gasteiger partial charge in [-0.1, -0.05) is 19.3 Å². The summed E-state index contributed by atoms with van der Waals surface area (Å²) < 4.78 is 1.84. The van der Waals surface area contributed by atoms with E-state index in [1.807, 2.05) is 30.8 Å². The Morgan fingerprint density at radius 3 is 2.67 bits per heavy atom. The largest absolute Gasteiger partial charge is 0.382 e. The molecule has 1 saturated carbocycles. The predicted molar refractivity (Wildman–Crippen MR) is 69.4 cm³/mol. The fraction of sp³-hybridized carbons (Fsp3) is 0.714. The zero-order chi connectivity index (χ0) is 13.2. The Morgan fingerprint density at radius 1 is 1.44 bits per heavy atom. The van der Waals surface area contributed by atoms with Gasteiger partial charge in [-0.15, -0.1) is 0 Å². The summed E-state index contributed by atoms with van der Waals surface area (Å²) in [5.41, 5.74) is -0.340. The third kappa shape index (κ3) is 2.80. The van der Waals surface area contributed by atoms with Gasteiger partial charge in [0.1, 0.15) is 5.60 Å². The van der Waals surface area contributed by atoms with Gasteiger partial charge in [0.2, 0.25) is 0 Å². The number of hydrogen-bond acceptors (Lipinski definition) is 3. The highest BCUT2D eigenvalue weighted by atomic mass is 16.3. The molecule has 1 heterocycles. The van der Waals surface area contributed by atoms with E-state index in [0.717, 1.165) is 25.0 Å². The molecule has 0 radical (unpaired) electrons. The van der Waals surface area contributed by atoms with Gasteiger partial charge in [-0.25, -0.2) is 0 Å². The summed E-state index contributed by atoms with van der Waals surface area (Å²) in [6, 6.07) is 2.16. The fourth-order valence-corrected chi connectivity index (χ4v) is 2.50. The van der Waals surface area contributed by atoms with E-state index in [1.165, 1.54) is 0 Å². The van der Waals surface area contributed by atoms with E-state index in [9.17, 15) is 9.90 Å². The third-order valence-corrected chi connectivity index (χ3v) is 3.73. The van der Waals surface area contributed by atoms with E-state index in [2.05, 4.69) is 5.10 Å². The molecule has 18 heavy (non-hydrogen) atoms. The maximum atomic E-state index is 12.2. The van der Waals surface area contributed by atoms with Crippen LogP contribution in [0.15, 0.2) is 12.3 Å². The van der Waals surface area contributed by atoms with Crippen LogP contribution in [0.3, 0.4) is 0 Å². The van der Waals surface area contributed by atoms with E-state index in [1.54, 1.807) is 0 Å². The van der Waals surface area contributed by atoms with Crippen LogP contribution < -0.4 is 0 Å². The molecule has 1 aliphatic carbocycles. The summed E-state index contributed by atoms with van der Waals surface area (Å²) in [4.78, 5) is 12.2. The maximum Gasteiger partial charge on any atom is 0.170 e. The minimum Gasteiger partial charge on any atom is -0.382 e. The van der Waals surface area contributed by atoms with Crippen LogP contribution in [0.1, 0.15) is 57.7 Å². The van der Waals surface area contributed by atoms with Gasteiger partial charge >= 0.3 is 0 Å². The molecule has 0 bridgehead atoms. The standard InChI is InChI=1S/C14H22N2O2/c1-11(2)16-9-6-12(15-16)10-13(17)14(18)7-4-3-5-8-14/h6,9,11,18H,3-5,7-8,10H2,1-2H3. The highest BCUT2D eigenvalue weighted by Gasteiger charge is 2.36. The van der Waals surface area contributed by atoms with Crippen molar-refractivity contribution >= 4 is 5.78 Å². The third-order valence-electron chi connectivity index (χ3n) is 3.73. The van der Waals surface area contributed by atoms with E-state index in [4.69, 9.17) is 0 Å². The summed E-state index contributed by atoms with van der Waals surface area (Å²) in [6.45, 7) is 4.10. The van der Waals surface area contributed by atoms with Crippen molar-refractivity contribution in [3.8, 4) is 0 Å². The topological polar surface area (TPSA) is 55.1 Å². The zero-order valence-corrected chi connectivity index (χ0v) is 11.2. The molecule has 1 fully saturated rings. The Morgan fingerprint density at radius 2 is 2.11 bits per heavy atom. The van der Waals surface area contributed by atoms with Crippen LogP contribution in [0.5, 0.6) is 0 Å². The molecule has 1 aromatic heterocycles. The molecule has 1 N–H and O–H groups in total. The first-order valence-corrected chi connectivity index (χ1v) is 6.81. The molecule has 2 rings (SSSR count). The molecule has 0 atom stereocenters. The van der Waals surface area contributed by atoms with Gasteiger partial charge in [0.25, 0.3) is 0 Å². The Kier molecular flexibility index (Phi) is 3.85. The number of rotatable bonds is 4. The molecule has 4 heteroatoms. The Hall–Kier alpha value is -1.16. The SMILES string of the molecule is CC(C)n1ccc(CC(=O)C2(O)CCCCC2)n1. The van der Waals surface area contributed by atoms with Crippen molar-refractivity contribution in [2.45, 2.75) is 64.0 Å². The van der Waals surface area contributed by atoms with Crippen LogP contribution in [0.4, 0.5) is 0 Å². The molecule has 1 aliphatic rings. The number of carbonyl (C=O) groups is 1. The van der Waals surface area contributed by atoms with E-state index >= 15 is 0 Å². The first kappa shape index (κ1) is 13.3. The Labute approximate surface area is 108 Å². The summed E-state index contributed by atoms with van der Waals surface area (Å²) in [5, 5.41) is 14.7. The van der Waals surface area contributed by atoms with Gasteiger partial charge in [0.15, 0.2) is 5.78 Å². The van der Waals surface area contributed by atoms with Crippen LogP contribution in [-0.2, 0) is 11.2 Å². The smallest absolute Gasteiger partial charge is 0.170 e. The van der Waals surface area contributed by atoms with Gasteiger partial charge in [0.05, 0.1) is 12.1 Å². The van der Waals surface area contributed by atoms with E-state index in [-0.39, 0.29) is 12.2 Å². The van der Waals surface area contributed by atoms with Gasteiger partial charge in [0, 0.05) is 12.2 Å². The van der Waals surface area contributed by atoms with Gasteiger partial charge < -0.3 is 5.11 Å². The van der Waals surface area contributed by atoms with Crippen LogP contribution in [0.25, 0.3) is 0 Å². The average molecular weight is 250 g/mol. The molecule has 0 saturated heterocycles. The highest BCUT2D eigenvalue weighted by molar-refractivity contribution is 5.88. The number of ketones is 1. The van der Waals surface area contributed by atoms with Crippen LogP contribution in [0, 0.1) is 0 Å². The lowest BCUT2D eigenvalue weighted by Crippen LogP contribution is -2.41. The molecular weight excluding hydrogens is 228 g/mol. The van der Waals surface area contributed by atoms with Crippen LogP contribution in [0.2, 0.25) is 0 Å². The maximum absolute atomic E-state index is 12.2. The lowest BCUT2D eigenvalue weighted by atomic mass is 9.80. The number of Topliss-reactive ketones (excluding diaryl/α,β-unsaturated/α-hetero) is 1. The van der Waals surface area contributed by atoms with Crippen LogP contribution in [-0.4, -0.2) is 26.3 Å². The van der Waals surface area contributed by atoms with Crippen molar-refractivity contribution in [3.63, 3.8) is 0 Å². The van der Waals surface area contributed by atoms with Crippen molar-refractivity contribution in [2.75, 3.05) is 0 Å². The molecule has 0 aliphatic heterocycles. The van der Waals surface area contributed by atoms with E-state index in [0.29, 0.717) is 18.9 Å². The summed E-state index contributed by atoms with van der Waals surface area (Å²) in [7, 11) is 0. The quantitative estimate of drug-likeness (QED) is 0.892. The molecular formula is C14H22N2O2. The highest BCUT2D eigenvalue weighted by Crippen LogP contribution is 2.29. The second kappa shape index (κ2) is 5.22. The number of aromatic nitrogens is 2.